The summed E-state index contributed by atoms with van der Waals surface area (Å²) in [5.41, 5.74) is 2.21. The van der Waals surface area contributed by atoms with Crippen molar-refractivity contribution in [2.75, 3.05) is 6.61 Å². The summed E-state index contributed by atoms with van der Waals surface area (Å²) in [7, 11) is 0. The molecule has 2 atom stereocenters. The van der Waals surface area contributed by atoms with E-state index in [9.17, 15) is 0 Å². The van der Waals surface area contributed by atoms with Crippen LogP contribution in [0, 0.1) is 0 Å². The van der Waals surface area contributed by atoms with E-state index < -0.39 is 0 Å². The summed E-state index contributed by atoms with van der Waals surface area (Å²) in [6.07, 6.45) is 4.69. The summed E-state index contributed by atoms with van der Waals surface area (Å²) >= 11 is 0. The monoisotopic (exact) mass is 259 g/mol. The molecule has 1 heterocycles. The first-order valence-electron chi connectivity index (χ1n) is 6.67. The van der Waals surface area contributed by atoms with Crippen LogP contribution in [-0.4, -0.2) is 27.5 Å². The van der Waals surface area contributed by atoms with Crippen molar-refractivity contribution in [3.63, 3.8) is 0 Å². The first kappa shape index (κ1) is 13.8. The van der Waals surface area contributed by atoms with E-state index in [0.717, 1.165) is 17.7 Å². The van der Waals surface area contributed by atoms with Gasteiger partial charge in [-0.15, -0.1) is 0 Å². The average Bonchev–Trinajstić information content (AvgIpc) is 2.89. The Kier molecular flexibility index (Phi) is 4.71. The number of aliphatic hydroxyl groups is 1. The molecule has 2 rings (SSSR count). The first-order valence-corrected chi connectivity index (χ1v) is 6.67. The minimum Gasteiger partial charge on any atom is -0.396 e. The molecule has 1 aromatic carbocycles. The van der Waals surface area contributed by atoms with Crippen molar-refractivity contribution in [2.45, 2.75) is 32.4 Å². The predicted octanol–water partition coefficient (Wildman–Crippen LogP) is 2.29. The van der Waals surface area contributed by atoms with Crippen LogP contribution < -0.4 is 5.32 Å². The van der Waals surface area contributed by atoms with Crippen molar-refractivity contribution in [3.05, 3.63) is 48.3 Å². The highest BCUT2D eigenvalue weighted by atomic mass is 16.3. The molecule has 4 nitrogen and oxygen atoms in total. The van der Waals surface area contributed by atoms with Crippen LogP contribution in [0.4, 0.5) is 0 Å². The number of hydrogen-bond acceptors (Lipinski definition) is 3. The SMILES string of the molecule is CC(CCO)NC(C)c1cnn(-c2ccccc2)c1. The van der Waals surface area contributed by atoms with Gasteiger partial charge in [-0.05, 0) is 32.4 Å². The van der Waals surface area contributed by atoms with Gasteiger partial charge >= 0.3 is 0 Å². The lowest BCUT2D eigenvalue weighted by molar-refractivity contribution is 0.264. The number of hydrogen-bond donors (Lipinski definition) is 2. The Morgan fingerprint density at radius 2 is 2.00 bits per heavy atom. The van der Waals surface area contributed by atoms with Gasteiger partial charge in [0, 0.05) is 30.5 Å². The average molecular weight is 259 g/mol. The van der Waals surface area contributed by atoms with E-state index in [4.69, 9.17) is 5.11 Å². The van der Waals surface area contributed by atoms with Crippen LogP contribution in [0.25, 0.3) is 5.69 Å². The maximum atomic E-state index is 8.92. The highest BCUT2D eigenvalue weighted by molar-refractivity contribution is 5.31. The van der Waals surface area contributed by atoms with Gasteiger partial charge in [-0.2, -0.15) is 5.10 Å². The van der Waals surface area contributed by atoms with E-state index in [0.29, 0.717) is 6.04 Å². The summed E-state index contributed by atoms with van der Waals surface area (Å²) in [5, 5.41) is 16.8. The molecule has 0 aliphatic heterocycles. The summed E-state index contributed by atoms with van der Waals surface area (Å²) in [5.74, 6) is 0. The molecule has 2 N–H and O–H groups in total. The Hall–Kier alpha value is -1.65. The maximum Gasteiger partial charge on any atom is 0.0645 e. The quantitative estimate of drug-likeness (QED) is 0.837. The van der Waals surface area contributed by atoms with Gasteiger partial charge in [0.15, 0.2) is 0 Å². The van der Waals surface area contributed by atoms with Crippen molar-refractivity contribution in [1.29, 1.82) is 0 Å². The normalized spacial score (nSPS) is 14.3. The van der Waals surface area contributed by atoms with Gasteiger partial charge in [0.2, 0.25) is 0 Å². The summed E-state index contributed by atoms with van der Waals surface area (Å²) < 4.78 is 1.88. The van der Waals surface area contributed by atoms with Crippen LogP contribution in [0.1, 0.15) is 31.9 Å². The molecule has 0 radical (unpaired) electrons. The van der Waals surface area contributed by atoms with Crippen molar-refractivity contribution in [1.82, 2.24) is 15.1 Å². The van der Waals surface area contributed by atoms with Gasteiger partial charge in [0.25, 0.3) is 0 Å². The molecule has 0 saturated heterocycles. The topological polar surface area (TPSA) is 50.1 Å². The standard InChI is InChI=1S/C15H21N3O/c1-12(8-9-19)17-13(2)14-10-16-18(11-14)15-6-4-3-5-7-15/h3-7,10-13,17,19H,8-9H2,1-2H3. The fourth-order valence-electron chi connectivity index (χ4n) is 2.08. The second kappa shape index (κ2) is 6.50. The Morgan fingerprint density at radius 1 is 1.26 bits per heavy atom. The first-order chi connectivity index (χ1) is 9.20. The van der Waals surface area contributed by atoms with Gasteiger partial charge in [0.1, 0.15) is 0 Å². The molecule has 0 saturated carbocycles. The lowest BCUT2D eigenvalue weighted by Gasteiger charge is -2.18. The van der Waals surface area contributed by atoms with Gasteiger partial charge in [-0.25, -0.2) is 4.68 Å². The van der Waals surface area contributed by atoms with Gasteiger partial charge < -0.3 is 10.4 Å². The number of rotatable bonds is 6. The molecule has 0 spiro atoms. The third kappa shape index (κ3) is 3.66. The minimum absolute atomic E-state index is 0.212. The molecule has 2 unspecified atom stereocenters. The molecule has 0 aliphatic rings. The number of aromatic nitrogens is 2. The molecule has 0 bridgehead atoms. The summed E-state index contributed by atoms with van der Waals surface area (Å²) in [6.45, 7) is 4.40. The van der Waals surface area contributed by atoms with Crippen molar-refractivity contribution >= 4 is 0 Å². The molecular weight excluding hydrogens is 238 g/mol. The van der Waals surface area contributed by atoms with Crippen LogP contribution >= 0.6 is 0 Å². The fourth-order valence-corrected chi connectivity index (χ4v) is 2.08. The molecular formula is C15H21N3O. The Balaban J connectivity index is 2.04. The van der Waals surface area contributed by atoms with Crippen molar-refractivity contribution in [3.8, 4) is 5.69 Å². The fraction of sp³-hybridized carbons (Fsp3) is 0.400. The number of nitrogens with zero attached hydrogens (tertiary/aromatic N) is 2. The van der Waals surface area contributed by atoms with Crippen LogP contribution in [0.15, 0.2) is 42.7 Å². The second-order valence-electron chi connectivity index (χ2n) is 4.86. The second-order valence-corrected chi connectivity index (χ2v) is 4.86. The molecule has 102 valence electrons. The number of benzene rings is 1. The third-order valence-electron chi connectivity index (χ3n) is 3.22. The zero-order valence-corrected chi connectivity index (χ0v) is 11.5. The zero-order chi connectivity index (χ0) is 13.7. The van der Waals surface area contributed by atoms with E-state index >= 15 is 0 Å². The van der Waals surface area contributed by atoms with E-state index in [1.807, 2.05) is 47.4 Å². The van der Waals surface area contributed by atoms with Gasteiger partial charge in [0.05, 0.1) is 11.9 Å². The van der Waals surface area contributed by atoms with E-state index in [1.165, 1.54) is 0 Å². The molecule has 1 aromatic heterocycles. The Labute approximate surface area is 114 Å². The lowest BCUT2D eigenvalue weighted by Crippen LogP contribution is -2.29. The molecule has 19 heavy (non-hydrogen) atoms. The van der Waals surface area contributed by atoms with Crippen LogP contribution in [0.5, 0.6) is 0 Å². The zero-order valence-electron chi connectivity index (χ0n) is 11.5. The van der Waals surface area contributed by atoms with E-state index in [1.54, 1.807) is 0 Å². The molecule has 0 amide bonds. The predicted molar refractivity (Wildman–Crippen MR) is 76.3 cm³/mol. The van der Waals surface area contributed by atoms with Crippen LogP contribution in [0.3, 0.4) is 0 Å². The van der Waals surface area contributed by atoms with Gasteiger partial charge in [-0.3, -0.25) is 0 Å². The molecule has 4 heteroatoms. The Bertz CT molecular complexity index is 495. The Morgan fingerprint density at radius 3 is 2.68 bits per heavy atom. The highest BCUT2D eigenvalue weighted by Gasteiger charge is 2.11. The molecule has 0 aliphatic carbocycles. The van der Waals surface area contributed by atoms with Crippen molar-refractivity contribution < 1.29 is 5.11 Å². The summed E-state index contributed by atoms with van der Waals surface area (Å²) in [4.78, 5) is 0. The smallest absolute Gasteiger partial charge is 0.0645 e. The number of para-hydroxylation sites is 1. The number of nitrogens with one attached hydrogen (secondary N) is 1. The maximum absolute atomic E-state index is 8.92. The largest absolute Gasteiger partial charge is 0.396 e. The highest BCUT2D eigenvalue weighted by Crippen LogP contribution is 2.15. The lowest BCUT2D eigenvalue weighted by atomic mass is 10.1. The number of aliphatic hydroxyl groups excluding tert-OH is 1. The van der Waals surface area contributed by atoms with Crippen LogP contribution in [0.2, 0.25) is 0 Å². The molecule has 2 aromatic rings. The van der Waals surface area contributed by atoms with E-state index in [2.05, 4.69) is 24.3 Å². The van der Waals surface area contributed by atoms with Gasteiger partial charge in [-0.1, -0.05) is 18.2 Å². The summed E-state index contributed by atoms with van der Waals surface area (Å²) in [6, 6.07) is 10.6. The van der Waals surface area contributed by atoms with E-state index in [-0.39, 0.29) is 12.6 Å². The molecule has 0 fully saturated rings. The van der Waals surface area contributed by atoms with Crippen LogP contribution in [-0.2, 0) is 0 Å². The third-order valence-corrected chi connectivity index (χ3v) is 3.22. The van der Waals surface area contributed by atoms with Crippen molar-refractivity contribution in [2.24, 2.45) is 0 Å². The minimum atomic E-state index is 0.212.